The van der Waals surface area contributed by atoms with Crippen LogP contribution in [-0.4, -0.2) is 17.6 Å². The van der Waals surface area contributed by atoms with Gasteiger partial charge in [-0.1, -0.05) is 25.8 Å². The molecule has 0 aliphatic heterocycles. The summed E-state index contributed by atoms with van der Waals surface area (Å²) < 4.78 is 5.18. The van der Waals surface area contributed by atoms with Crippen LogP contribution in [-0.2, 0) is 4.74 Å². The molecule has 4 nitrogen and oxygen atoms in total. The number of hydrogen-bond donors (Lipinski definition) is 1. The summed E-state index contributed by atoms with van der Waals surface area (Å²) in [5.41, 5.74) is 0.933. The van der Waals surface area contributed by atoms with Gasteiger partial charge in [-0.15, -0.1) is 0 Å². The number of unbranched alkanes of at least 4 members (excludes halogenated alkanes) is 2. The van der Waals surface area contributed by atoms with Crippen LogP contribution in [0.25, 0.3) is 10.9 Å². The maximum Gasteiger partial charge on any atom is 0.338 e. The van der Waals surface area contributed by atoms with Crippen molar-refractivity contribution in [3.05, 3.63) is 46.2 Å². The normalized spacial score (nSPS) is 10.6. The zero-order valence-corrected chi connectivity index (χ0v) is 10.9. The third kappa shape index (κ3) is 3.44. The molecule has 0 radical (unpaired) electrons. The minimum atomic E-state index is -0.345. The summed E-state index contributed by atoms with van der Waals surface area (Å²) in [6.07, 6.45) is 3.03. The van der Waals surface area contributed by atoms with Crippen LogP contribution in [0.2, 0.25) is 0 Å². The van der Waals surface area contributed by atoms with Crippen LogP contribution in [0.5, 0.6) is 0 Å². The van der Waals surface area contributed by atoms with E-state index in [-0.39, 0.29) is 11.5 Å². The number of fused-ring (bicyclic) bond motifs is 1. The summed E-state index contributed by atoms with van der Waals surface area (Å²) in [4.78, 5) is 25.8. The number of rotatable bonds is 5. The SMILES string of the molecule is CCCCCOC(=O)c1ccc2ccc(=O)[nH]c2c1. The number of carbonyl (C=O) groups excluding carboxylic acids is 1. The number of ether oxygens (including phenoxy) is 1. The lowest BCUT2D eigenvalue weighted by Crippen LogP contribution is -2.07. The highest BCUT2D eigenvalue weighted by molar-refractivity contribution is 5.94. The first-order valence-corrected chi connectivity index (χ1v) is 6.51. The Morgan fingerprint density at radius 1 is 1.21 bits per heavy atom. The summed E-state index contributed by atoms with van der Waals surface area (Å²) in [7, 11) is 0. The fraction of sp³-hybridized carbons (Fsp3) is 0.333. The molecule has 1 heterocycles. The topological polar surface area (TPSA) is 59.2 Å². The minimum absolute atomic E-state index is 0.180. The third-order valence-electron chi connectivity index (χ3n) is 2.94. The number of aromatic amines is 1. The van der Waals surface area contributed by atoms with E-state index in [2.05, 4.69) is 11.9 Å². The van der Waals surface area contributed by atoms with Crippen LogP contribution in [0.1, 0.15) is 36.5 Å². The van der Waals surface area contributed by atoms with Gasteiger partial charge in [-0.2, -0.15) is 0 Å². The molecule has 1 aromatic heterocycles. The maximum atomic E-state index is 11.8. The maximum absolute atomic E-state index is 11.8. The quantitative estimate of drug-likeness (QED) is 0.663. The fourth-order valence-corrected chi connectivity index (χ4v) is 1.88. The molecular formula is C15H17NO3. The number of esters is 1. The molecule has 1 N–H and O–H groups in total. The molecule has 0 saturated heterocycles. The molecule has 0 bridgehead atoms. The van der Waals surface area contributed by atoms with E-state index in [0.717, 1.165) is 24.6 Å². The first-order chi connectivity index (χ1) is 9.20. The first-order valence-electron chi connectivity index (χ1n) is 6.51. The fourth-order valence-electron chi connectivity index (χ4n) is 1.88. The highest BCUT2D eigenvalue weighted by atomic mass is 16.5. The molecule has 0 unspecified atom stereocenters. The Morgan fingerprint density at radius 3 is 2.79 bits per heavy atom. The van der Waals surface area contributed by atoms with Crippen LogP contribution in [0, 0.1) is 0 Å². The molecule has 19 heavy (non-hydrogen) atoms. The van der Waals surface area contributed by atoms with Gasteiger partial charge in [0.25, 0.3) is 0 Å². The van der Waals surface area contributed by atoms with E-state index in [4.69, 9.17) is 4.74 Å². The van der Waals surface area contributed by atoms with Gasteiger partial charge in [0.15, 0.2) is 0 Å². The van der Waals surface area contributed by atoms with Crippen LogP contribution in [0.3, 0.4) is 0 Å². The second-order valence-corrected chi connectivity index (χ2v) is 4.47. The highest BCUT2D eigenvalue weighted by Crippen LogP contribution is 2.13. The molecule has 2 rings (SSSR count). The van der Waals surface area contributed by atoms with Gasteiger partial charge >= 0.3 is 5.97 Å². The van der Waals surface area contributed by atoms with Gasteiger partial charge < -0.3 is 9.72 Å². The predicted octanol–water partition coefficient (Wildman–Crippen LogP) is 2.88. The van der Waals surface area contributed by atoms with Crippen molar-refractivity contribution in [3.63, 3.8) is 0 Å². The Hall–Kier alpha value is -2.10. The van der Waals surface area contributed by atoms with Crippen molar-refractivity contribution < 1.29 is 9.53 Å². The lowest BCUT2D eigenvalue weighted by Gasteiger charge is -2.05. The molecule has 0 amide bonds. The largest absolute Gasteiger partial charge is 0.462 e. The molecule has 1 aromatic carbocycles. The average Bonchev–Trinajstić information content (AvgIpc) is 2.42. The Morgan fingerprint density at radius 2 is 2.00 bits per heavy atom. The van der Waals surface area contributed by atoms with Crippen molar-refractivity contribution >= 4 is 16.9 Å². The van der Waals surface area contributed by atoms with Crippen LogP contribution >= 0.6 is 0 Å². The molecule has 4 heteroatoms. The van der Waals surface area contributed by atoms with Crippen molar-refractivity contribution in [2.75, 3.05) is 6.61 Å². The number of hydrogen-bond acceptors (Lipinski definition) is 3. The van der Waals surface area contributed by atoms with E-state index >= 15 is 0 Å². The molecule has 0 spiro atoms. The van der Waals surface area contributed by atoms with Crippen molar-refractivity contribution in [1.29, 1.82) is 0 Å². The van der Waals surface area contributed by atoms with E-state index < -0.39 is 0 Å². The monoisotopic (exact) mass is 259 g/mol. The number of benzene rings is 1. The zero-order chi connectivity index (χ0) is 13.7. The predicted molar refractivity (Wildman–Crippen MR) is 74.4 cm³/mol. The molecule has 0 aliphatic carbocycles. The number of carbonyl (C=O) groups is 1. The van der Waals surface area contributed by atoms with Gasteiger partial charge in [-0.25, -0.2) is 4.79 Å². The summed E-state index contributed by atoms with van der Waals surface area (Å²) in [6, 6.07) is 8.35. The van der Waals surface area contributed by atoms with E-state index in [1.165, 1.54) is 6.07 Å². The minimum Gasteiger partial charge on any atom is -0.462 e. The van der Waals surface area contributed by atoms with Crippen molar-refractivity contribution in [3.8, 4) is 0 Å². The lowest BCUT2D eigenvalue weighted by molar-refractivity contribution is 0.0498. The first kappa shape index (κ1) is 13.3. The van der Waals surface area contributed by atoms with Gasteiger partial charge in [-0.05, 0) is 30.0 Å². The lowest BCUT2D eigenvalue weighted by atomic mass is 10.1. The van der Waals surface area contributed by atoms with Crippen molar-refractivity contribution in [2.45, 2.75) is 26.2 Å². The van der Waals surface area contributed by atoms with Crippen LogP contribution < -0.4 is 5.56 Å². The molecular weight excluding hydrogens is 242 g/mol. The van der Waals surface area contributed by atoms with Gasteiger partial charge in [0.1, 0.15) is 0 Å². The number of H-pyrrole nitrogens is 1. The summed E-state index contributed by atoms with van der Waals surface area (Å²) in [5.74, 6) is -0.345. The number of nitrogens with one attached hydrogen (secondary N) is 1. The second kappa shape index (κ2) is 6.18. The van der Waals surface area contributed by atoms with E-state index in [0.29, 0.717) is 17.7 Å². The molecule has 0 atom stereocenters. The van der Waals surface area contributed by atoms with E-state index in [9.17, 15) is 9.59 Å². The van der Waals surface area contributed by atoms with Gasteiger partial charge in [0.05, 0.1) is 12.2 Å². The Balaban J connectivity index is 2.11. The second-order valence-electron chi connectivity index (χ2n) is 4.47. The Labute approximate surface area is 111 Å². The number of aromatic nitrogens is 1. The van der Waals surface area contributed by atoms with E-state index in [1.807, 2.05) is 0 Å². The van der Waals surface area contributed by atoms with E-state index in [1.54, 1.807) is 24.3 Å². The zero-order valence-electron chi connectivity index (χ0n) is 10.9. The van der Waals surface area contributed by atoms with Gasteiger partial charge in [0, 0.05) is 11.6 Å². The summed E-state index contributed by atoms with van der Waals surface area (Å²) >= 11 is 0. The standard InChI is InChI=1S/C15H17NO3/c1-2-3-4-9-19-15(18)12-6-5-11-7-8-14(17)16-13(11)10-12/h5-8,10H,2-4,9H2,1H3,(H,16,17). The smallest absolute Gasteiger partial charge is 0.338 e. The number of pyridine rings is 1. The average molecular weight is 259 g/mol. The molecule has 0 aliphatic rings. The highest BCUT2D eigenvalue weighted by Gasteiger charge is 2.07. The van der Waals surface area contributed by atoms with Crippen LogP contribution in [0.4, 0.5) is 0 Å². The van der Waals surface area contributed by atoms with Crippen LogP contribution in [0.15, 0.2) is 35.1 Å². The third-order valence-corrected chi connectivity index (χ3v) is 2.94. The Bertz CT molecular complexity index is 631. The summed E-state index contributed by atoms with van der Waals surface area (Å²) in [6.45, 7) is 2.54. The van der Waals surface area contributed by atoms with Gasteiger partial charge in [-0.3, -0.25) is 4.79 Å². The summed E-state index contributed by atoms with van der Waals surface area (Å²) in [5, 5.41) is 0.891. The molecule has 100 valence electrons. The van der Waals surface area contributed by atoms with Crippen molar-refractivity contribution in [1.82, 2.24) is 4.98 Å². The Kier molecular flexibility index (Phi) is 4.34. The van der Waals surface area contributed by atoms with Crippen molar-refractivity contribution in [2.24, 2.45) is 0 Å². The molecule has 0 fully saturated rings. The molecule has 2 aromatic rings. The van der Waals surface area contributed by atoms with Gasteiger partial charge in [0.2, 0.25) is 5.56 Å². The molecule has 0 saturated carbocycles.